The Kier molecular flexibility index (Phi) is 4.27. The van der Waals surface area contributed by atoms with Gasteiger partial charge in [-0.15, -0.1) is 0 Å². The van der Waals surface area contributed by atoms with Crippen LogP contribution in [0.1, 0.15) is 6.42 Å². The van der Waals surface area contributed by atoms with Crippen LogP contribution in [0.25, 0.3) is 0 Å². The van der Waals surface area contributed by atoms with Crippen molar-refractivity contribution in [2.24, 2.45) is 0 Å². The predicted molar refractivity (Wildman–Crippen MR) is 74.1 cm³/mol. The Morgan fingerprint density at radius 3 is 2.84 bits per heavy atom. The molecule has 1 aliphatic heterocycles. The Balaban J connectivity index is 1.96. The number of amides is 2. The maximum Gasteiger partial charge on any atom is 0.321 e. The molecule has 1 aromatic carbocycles. The fourth-order valence-electron chi connectivity index (χ4n) is 2.12. The molecular weight excluding hydrogens is 269 g/mol. The quantitative estimate of drug-likeness (QED) is 0.907. The highest BCUT2D eigenvalue weighted by Crippen LogP contribution is 2.20. The molecule has 6 heteroatoms. The first-order chi connectivity index (χ1) is 8.97. The molecule has 1 N–H and O–H groups in total. The summed E-state index contributed by atoms with van der Waals surface area (Å²) < 4.78 is 13.0. The predicted octanol–water partition coefficient (Wildman–Crippen LogP) is 2.65. The van der Waals surface area contributed by atoms with Crippen molar-refractivity contribution in [3.8, 4) is 0 Å². The van der Waals surface area contributed by atoms with E-state index in [0.29, 0.717) is 18.3 Å². The zero-order chi connectivity index (χ0) is 14.0. The topological polar surface area (TPSA) is 35.6 Å². The minimum Gasteiger partial charge on any atom is -0.323 e. The molecule has 2 amide bonds. The van der Waals surface area contributed by atoms with Crippen molar-refractivity contribution in [2.75, 3.05) is 32.5 Å². The van der Waals surface area contributed by atoms with Crippen LogP contribution in [0.4, 0.5) is 14.9 Å². The van der Waals surface area contributed by atoms with Crippen LogP contribution in [-0.4, -0.2) is 49.1 Å². The van der Waals surface area contributed by atoms with Gasteiger partial charge in [0.25, 0.3) is 0 Å². The van der Waals surface area contributed by atoms with E-state index in [1.54, 1.807) is 4.90 Å². The highest BCUT2D eigenvalue weighted by Gasteiger charge is 2.27. The molecule has 0 unspecified atom stereocenters. The van der Waals surface area contributed by atoms with E-state index in [0.717, 1.165) is 13.0 Å². The van der Waals surface area contributed by atoms with Crippen LogP contribution in [0.2, 0.25) is 5.02 Å². The molecule has 1 aromatic rings. The summed E-state index contributed by atoms with van der Waals surface area (Å²) in [6.45, 7) is 1.43. The van der Waals surface area contributed by atoms with E-state index in [-0.39, 0.29) is 11.1 Å². The first kappa shape index (κ1) is 14.1. The zero-order valence-electron chi connectivity index (χ0n) is 11.0. The number of nitrogens with one attached hydrogen (secondary N) is 1. The molecule has 0 aliphatic carbocycles. The third-order valence-electron chi connectivity index (χ3n) is 3.35. The van der Waals surface area contributed by atoms with E-state index in [1.165, 1.54) is 18.2 Å². The number of urea groups is 1. The van der Waals surface area contributed by atoms with Gasteiger partial charge in [-0.1, -0.05) is 11.6 Å². The fraction of sp³-hybridized carbons (Fsp3) is 0.462. The Bertz CT molecular complexity index is 481. The molecule has 0 aromatic heterocycles. The van der Waals surface area contributed by atoms with Gasteiger partial charge in [0.15, 0.2) is 0 Å². The van der Waals surface area contributed by atoms with Crippen molar-refractivity contribution in [3.63, 3.8) is 0 Å². The number of carbonyl (C=O) groups is 1. The summed E-state index contributed by atoms with van der Waals surface area (Å²) >= 11 is 5.68. The van der Waals surface area contributed by atoms with E-state index in [9.17, 15) is 9.18 Å². The molecule has 1 heterocycles. The van der Waals surface area contributed by atoms with Gasteiger partial charge in [-0.3, -0.25) is 0 Å². The number of anilines is 1. The van der Waals surface area contributed by atoms with Gasteiger partial charge in [0, 0.05) is 24.8 Å². The summed E-state index contributed by atoms with van der Waals surface area (Å²) in [5.41, 5.74) is 0.504. The molecule has 1 aliphatic rings. The fourth-order valence-corrected chi connectivity index (χ4v) is 2.30. The molecule has 0 bridgehead atoms. The van der Waals surface area contributed by atoms with Gasteiger partial charge in [0.05, 0.1) is 5.02 Å². The van der Waals surface area contributed by atoms with Gasteiger partial charge in [-0.25, -0.2) is 9.18 Å². The number of rotatable bonds is 2. The van der Waals surface area contributed by atoms with E-state index >= 15 is 0 Å². The monoisotopic (exact) mass is 285 g/mol. The molecule has 4 nitrogen and oxygen atoms in total. The highest BCUT2D eigenvalue weighted by atomic mass is 35.5. The largest absolute Gasteiger partial charge is 0.323 e. The molecule has 1 fully saturated rings. The van der Waals surface area contributed by atoms with Gasteiger partial charge in [-0.05, 0) is 38.7 Å². The number of halogens is 2. The van der Waals surface area contributed by atoms with Gasteiger partial charge in [0.1, 0.15) is 5.82 Å². The molecular formula is C13H17ClFN3O. The van der Waals surface area contributed by atoms with Crippen molar-refractivity contribution < 1.29 is 9.18 Å². The maximum atomic E-state index is 13.0. The first-order valence-electron chi connectivity index (χ1n) is 6.15. The van der Waals surface area contributed by atoms with Gasteiger partial charge < -0.3 is 15.1 Å². The average Bonchev–Trinajstić information content (AvgIpc) is 2.83. The van der Waals surface area contributed by atoms with Crippen molar-refractivity contribution in [2.45, 2.75) is 12.5 Å². The van der Waals surface area contributed by atoms with Gasteiger partial charge in [-0.2, -0.15) is 0 Å². The number of carbonyl (C=O) groups excluding carboxylic acids is 1. The van der Waals surface area contributed by atoms with E-state index in [2.05, 4.69) is 10.2 Å². The summed E-state index contributed by atoms with van der Waals surface area (Å²) in [6.07, 6.45) is 0.963. The number of likely N-dealkylation sites (N-methyl/N-ethyl adjacent to an activating group) is 1. The lowest BCUT2D eigenvalue weighted by Gasteiger charge is -2.20. The molecule has 2 rings (SSSR count). The molecule has 0 radical (unpaired) electrons. The van der Waals surface area contributed by atoms with Crippen molar-refractivity contribution in [1.29, 1.82) is 0 Å². The molecule has 19 heavy (non-hydrogen) atoms. The molecule has 1 atom stereocenters. The third kappa shape index (κ3) is 3.36. The number of nitrogens with zero attached hydrogens (tertiary/aromatic N) is 2. The Morgan fingerprint density at radius 1 is 1.53 bits per heavy atom. The van der Waals surface area contributed by atoms with Crippen molar-refractivity contribution >= 4 is 23.3 Å². The summed E-state index contributed by atoms with van der Waals surface area (Å²) in [5.74, 6) is -0.492. The van der Waals surface area contributed by atoms with Crippen LogP contribution in [-0.2, 0) is 0 Å². The van der Waals surface area contributed by atoms with Crippen LogP contribution in [0.3, 0.4) is 0 Å². The molecule has 0 spiro atoms. The SMILES string of the molecule is CN(C)[C@@H]1CCN(C(=O)Nc2ccc(F)c(Cl)c2)C1. The third-order valence-corrected chi connectivity index (χ3v) is 3.64. The van der Waals surface area contributed by atoms with Crippen LogP contribution in [0.15, 0.2) is 18.2 Å². The number of hydrogen-bond acceptors (Lipinski definition) is 2. The summed E-state index contributed by atoms with van der Waals surface area (Å²) in [4.78, 5) is 15.9. The Labute approximate surface area is 117 Å². The van der Waals surface area contributed by atoms with Crippen molar-refractivity contribution in [1.82, 2.24) is 9.80 Å². The van der Waals surface area contributed by atoms with Crippen LogP contribution in [0.5, 0.6) is 0 Å². The smallest absolute Gasteiger partial charge is 0.321 e. The van der Waals surface area contributed by atoms with E-state index < -0.39 is 5.82 Å². The van der Waals surface area contributed by atoms with Crippen molar-refractivity contribution in [3.05, 3.63) is 29.0 Å². The molecule has 1 saturated heterocycles. The minimum absolute atomic E-state index is 0.00499. The number of hydrogen-bond donors (Lipinski definition) is 1. The normalized spacial score (nSPS) is 19.0. The second-order valence-electron chi connectivity index (χ2n) is 4.91. The average molecular weight is 286 g/mol. The van der Waals surface area contributed by atoms with Gasteiger partial charge >= 0.3 is 6.03 Å². The minimum atomic E-state index is -0.492. The summed E-state index contributed by atoms with van der Waals surface area (Å²) in [6, 6.07) is 4.37. The van der Waals surface area contributed by atoms with Crippen LogP contribution < -0.4 is 5.32 Å². The molecule has 0 saturated carbocycles. The standard InChI is InChI=1S/C13H17ClFN3O/c1-17(2)10-5-6-18(8-10)13(19)16-9-3-4-12(15)11(14)7-9/h3-4,7,10H,5-6,8H2,1-2H3,(H,16,19)/t10-/m1/s1. The van der Waals surface area contributed by atoms with Crippen LogP contribution in [0, 0.1) is 5.82 Å². The second-order valence-corrected chi connectivity index (χ2v) is 5.32. The van der Waals surface area contributed by atoms with E-state index in [4.69, 9.17) is 11.6 Å². The second kappa shape index (κ2) is 5.75. The highest BCUT2D eigenvalue weighted by molar-refractivity contribution is 6.31. The first-order valence-corrected chi connectivity index (χ1v) is 6.52. The lowest BCUT2D eigenvalue weighted by molar-refractivity contribution is 0.216. The lowest BCUT2D eigenvalue weighted by Crippen LogP contribution is -2.36. The Hall–Kier alpha value is -1.33. The number of benzene rings is 1. The van der Waals surface area contributed by atoms with Gasteiger partial charge in [0.2, 0.25) is 0 Å². The summed E-state index contributed by atoms with van der Waals surface area (Å²) in [5, 5.41) is 2.73. The lowest BCUT2D eigenvalue weighted by atomic mass is 10.2. The Morgan fingerprint density at radius 2 is 2.26 bits per heavy atom. The zero-order valence-corrected chi connectivity index (χ0v) is 11.7. The number of likely N-dealkylation sites (tertiary alicyclic amines) is 1. The van der Waals surface area contributed by atoms with E-state index in [1.807, 2.05) is 14.1 Å². The van der Waals surface area contributed by atoms with Crippen LogP contribution >= 0.6 is 11.6 Å². The molecule has 104 valence electrons. The maximum absolute atomic E-state index is 13.0. The summed E-state index contributed by atoms with van der Waals surface area (Å²) in [7, 11) is 4.01.